The van der Waals surface area contributed by atoms with Crippen LogP contribution in [0.2, 0.25) is 0 Å². The third-order valence-corrected chi connectivity index (χ3v) is 6.42. The monoisotopic (exact) mass is 383 g/mol. The van der Waals surface area contributed by atoms with Crippen LogP contribution < -0.4 is 0 Å². The smallest absolute Gasteiger partial charge is 0.320 e. The topological polar surface area (TPSA) is 40.5 Å². The predicted octanol–water partition coefficient (Wildman–Crippen LogP) is 4.39. The van der Waals surface area contributed by atoms with E-state index in [0.717, 1.165) is 23.9 Å². The maximum Gasteiger partial charge on any atom is 0.320 e. The van der Waals surface area contributed by atoms with E-state index in [2.05, 4.69) is 45.3 Å². The molecule has 3 unspecified atom stereocenters. The van der Waals surface area contributed by atoms with Crippen LogP contribution in [0.15, 0.2) is 27.6 Å². The summed E-state index contributed by atoms with van der Waals surface area (Å²) in [5.74, 6) is -0.0831. The number of nitrogens with zero attached hydrogens (tertiary/aromatic N) is 1. The summed E-state index contributed by atoms with van der Waals surface area (Å²) in [6.45, 7) is 0.752. The highest BCUT2D eigenvalue weighted by Gasteiger charge is 2.45. The van der Waals surface area contributed by atoms with Gasteiger partial charge >= 0.3 is 5.97 Å². The Morgan fingerprint density at radius 1 is 1.41 bits per heavy atom. The van der Waals surface area contributed by atoms with Gasteiger partial charge < -0.3 is 5.11 Å². The van der Waals surface area contributed by atoms with E-state index in [9.17, 15) is 9.90 Å². The molecule has 2 aliphatic rings. The van der Waals surface area contributed by atoms with Crippen LogP contribution in [0.1, 0.15) is 37.7 Å². The van der Waals surface area contributed by atoms with E-state index in [0.29, 0.717) is 12.0 Å². The minimum Gasteiger partial charge on any atom is -0.480 e. The molecule has 3 atom stereocenters. The first-order valence-electron chi connectivity index (χ1n) is 7.91. The van der Waals surface area contributed by atoms with Crippen LogP contribution in [0.4, 0.5) is 0 Å². The summed E-state index contributed by atoms with van der Waals surface area (Å²) in [4.78, 5) is 15.2. The lowest BCUT2D eigenvalue weighted by Gasteiger charge is -2.33. The molecule has 0 amide bonds. The second-order valence-corrected chi connectivity index (χ2v) is 8.09. The summed E-state index contributed by atoms with van der Waals surface area (Å²) < 4.78 is 1.08. The standard InChI is InChI=1S/C17H22BrNO2S/c1-22-16-9-13(18)7-6-12(16)10-19-14-5-3-2-4-11(14)8-15(19)17(20)21/h6-7,9,11,14-15H,2-5,8,10H2,1H3,(H,20,21). The van der Waals surface area contributed by atoms with Gasteiger partial charge in [-0.15, -0.1) is 11.8 Å². The van der Waals surface area contributed by atoms with Crippen molar-refractivity contribution in [1.29, 1.82) is 0 Å². The van der Waals surface area contributed by atoms with E-state index >= 15 is 0 Å². The van der Waals surface area contributed by atoms with Crippen molar-refractivity contribution in [3.05, 3.63) is 28.2 Å². The molecule has 3 rings (SSSR count). The number of halogens is 1. The average molecular weight is 384 g/mol. The second kappa shape index (κ2) is 6.93. The van der Waals surface area contributed by atoms with Crippen LogP contribution in [0, 0.1) is 5.92 Å². The number of hydrogen-bond donors (Lipinski definition) is 1. The molecule has 1 heterocycles. The zero-order valence-corrected chi connectivity index (χ0v) is 15.2. The van der Waals surface area contributed by atoms with Gasteiger partial charge in [0.2, 0.25) is 0 Å². The minimum absolute atomic E-state index is 0.313. The van der Waals surface area contributed by atoms with Crippen molar-refractivity contribution in [2.75, 3.05) is 6.26 Å². The van der Waals surface area contributed by atoms with Gasteiger partial charge in [0, 0.05) is 22.0 Å². The molecule has 1 aliphatic heterocycles. The summed E-state index contributed by atoms with van der Waals surface area (Å²) in [5, 5.41) is 9.62. The minimum atomic E-state index is -0.655. The third kappa shape index (κ3) is 3.22. The van der Waals surface area contributed by atoms with Gasteiger partial charge in [0.25, 0.3) is 0 Å². The number of hydrogen-bond acceptors (Lipinski definition) is 3. The fourth-order valence-electron chi connectivity index (χ4n) is 4.07. The fourth-order valence-corrected chi connectivity index (χ4v) is 5.22. The Labute approximate surface area is 144 Å². The highest BCUT2D eigenvalue weighted by atomic mass is 79.9. The molecule has 1 N–H and O–H groups in total. The lowest BCUT2D eigenvalue weighted by molar-refractivity contribution is -0.142. The molecule has 3 nitrogen and oxygen atoms in total. The number of benzene rings is 1. The van der Waals surface area contributed by atoms with Crippen LogP contribution in [0.25, 0.3) is 0 Å². The van der Waals surface area contributed by atoms with E-state index in [-0.39, 0.29) is 6.04 Å². The van der Waals surface area contributed by atoms with Crippen molar-refractivity contribution in [2.24, 2.45) is 5.92 Å². The van der Waals surface area contributed by atoms with E-state index < -0.39 is 5.97 Å². The lowest BCUT2D eigenvalue weighted by Crippen LogP contribution is -2.41. The molecule has 1 saturated heterocycles. The van der Waals surface area contributed by atoms with E-state index in [1.54, 1.807) is 11.8 Å². The quantitative estimate of drug-likeness (QED) is 0.782. The molecule has 22 heavy (non-hydrogen) atoms. The zero-order valence-electron chi connectivity index (χ0n) is 12.8. The number of carbonyl (C=O) groups is 1. The normalized spacial score (nSPS) is 28.5. The van der Waals surface area contributed by atoms with Crippen LogP contribution in [-0.2, 0) is 11.3 Å². The summed E-state index contributed by atoms with van der Waals surface area (Å²) >= 11 is 5.25. The van der Waals surface area contributed by atoms with Crippen molar-refractivity contribution in [1.82, 2.24) is 4.90 Å². The summed E-state index contributed by atoms with van der Waals surface area (Å²) in [6, 6.07) is 6.45. The van der Waals surface area contributed by atoms with Crippen molar-refractivity contribution < 1.29 is 9.90 Å². The van der Waals surface area contributed by atoms with E-state index in [4.69, 9.17) is 0 Å². The Morgan fingerprint density at radius 3 is 2.91 bits per heavy atom. The molecule has 1 aromatic carbocycles. The van der Waals surface area contributed by atoms with Gasteiger partial charge in [-0.3, -0.25) is 9.69 Å². The van der Waals surface area contributed by atoms with Crippen LogP contribution in [-0.4, -0.2) is 34.3 Å². The van der Waals surface area contributed by atoms with Crippen molar-refractivity contribution in [3.8, 4) is 0 Å². The molecule has 120 valence electrons. The first-order chi connectivity index (χ1) is 10.6. The van der Waals surface area contributed by atoms with Gasteiger partial charge in [0.15, 0.2) is 0 Å². The number of carboxylic acids is 1. The number of rotatable bonds is 4. The molecule has 1 saturated carbocycles. The largest absolute Gasteiger partial charge is 0.480 e. The van der Waals surface area contributed by atoms with Crippen LogP contribution in [0.5, 0.6) is 0 Å². The number of carboxylic acid groups (broad SMARTS) is 1. The number of likely N-dealkylation sites (tertiary alicyclic amines) is 1. The summed E-state index contributed by atoms with van der Waals surface area (Å²) in [5.41, 5.74) is 1.24. The van der Waals surface area contributed by atoms with Crippen molar-refractivity contribution >= 4 is 33.7 Å². The molecule has 0 aromatic heterocycles. The molecule has 1 aromatic rings. The van der Waals surface area contributed by atoms with E-state index in [1.807, 2.05) is 0 Å². The van der Waals surface area contributed by atoms with Crippen LogP contribution in [0.3, 0.4) is 0 Å². The molecular weight excluding hydrogens is 362 g/mol. The Hall–Kier alpha value is -0.520. The first kappa shape index (κ1) is 16.3. The van der Waals surface area contributed by atoms with Crippen LogP contribution >= 0.6 is 27.7 Å². The number of aliphatic carboxylic acids is 1. The highest BCUT2D eigenvalue weighted by molar-refractivity contribution is 9.10. The summed E-state index contributed by atoms with van der Waals surface area (Å²) in [6.07, 6.45) is 7.74. The second-order valence-electron chi connectivity index (χ2n) is 6.33. The fraction of sp³-hybridized carbons (Fsp3) is 0.588. The van der Waals surface area contributed by atoms with Gasteiger partial charge in [0.05, 0.1) is 0 Å². The SMILES string of the molecule is CSc1cc(Br)ccc1CN1C(C(=O)O)CC2CCCCC21. The molecule has 5 heteroatoms. The Kier molecular flexibility index (Phi) is 5.15. The van der Waals surface area contributed by atoms with Gasteiger partial charge in [0.1, 0.15) is 6.04 Å². The van der Waals surface area contributed by atoms with Gasteiger partial charge in [-0.1, -0.05) is 34.8 Å². The predicted molar refractivity (Wildman–Crippen MR) is 93.3 cm³/mol. The number of fused-ring (bicyclic) bond motifs is 1. The molecule has 1 aliphatic carbocycles. The van der Waals surface area contributed by atoms with Gasteiger partial charge in [-0.25, -0.2) is 0 Å². The Bertz CT molecular complexity index is 566. The molecule has 2 fully saturated rings. The van der Waals surface area contributed by atoms with Gasteiger partial charge in [-0.05, 0) is 49.1 Å². The van der Waals surface area contributed by atoms with Crippen molar-refractivity contribution in [3.63, 3.8) is 0 Å². The molecule has 0 bridgehead atoms. The average Bonchev–Trinajstić information content (AvgIpc) is 2.88. The summed E-state index contributed by atoms with van der Waals surface area (Å²) in [7, 11) is 0. The third-order valence-electron chi connectivity index (χ3n) is 5.11. The van der Waals surface area contributed by atoms with Crippen molar-refractivity contribution in [2.45, 2.75) is 55.6 Å². The maximum atomic E-state index is 11.7. The van der Waals surface area contributed by atoms with E-state index in [1.165, 1.54) is 29.7 Å². The number of thioether (sulfide) groups is 1. The molecule has 0 radical (unpaired) electrons. The zero-order chi connectivity index (χ0) is 15.7. The maximum absolute atomic E-state index is 11.7. The first-order valence-corrected chi connectivity index (χ1v) is 9.93. The highest BCUT2D eigenvalue weighted by Crippen LogP contribution is 2.41. The Morgan fingerprint density at radius 2 is 2.18 bits per heavy atom. The molecular formula is C17H22BrNO2S. The molecule has 0 spiro atoms. The lowest BCUT2D eigenvalue weighted by atomic mass is 9.84. The van der Waals surface area contributed by atoms with Gasteiger partial charge in [-0.2, -0.15) is 0 Å². The Balaban J connectivity index is 1.86.